The number of imidazole rings is 1. The Labute approximate surface area is 359 Å². The molecule has 1 aliphatic heterocycles. The van der Waals surface area contributed by atoms with Crippen LogP contribution in [0.1, 0.15) is 59.9 Å². The summed E-state index contributed by atoms with van der Waals surface area (Å²) in [6.07, 6.45) is -3.05. The van der Waals surface area contributed by atoms with Gasteiger partial charge >= 0.3 is 18.2 Å². The highest BCUT2D eigenvalue weighted by atomic mass is 19.4. The van der Waals surface area contributed by atoms with Crippen LogP contribution < -0.4 is 31.5 Å². The fraction of sp³-hybridized carbons (Fsp3) is 0.381. The molecule has 1 aliphatic carbocycles. The van der Waals surface area contributed by atoms with E-state index >= 15 is 0 Å². The fourth-order valence-corrected chi connectivity index (χ4v) is 7.41. The van der Waals surface area contributed by atoms with E-state index in [2.05, 4.69) is 75.7 Å². The fourth-order valence-electron chi connectivity index (χ4n) is 7.41. The first-order valence-electron chi connectivity index (χ1n) is 20.3. The van der Waals surface area contributed by atoms with E-state index in [4.69, 9.17) is 9.90 Å². The number of carbonyl (C=O) groups is 4. The Bertz CT molecular complexity index is 2290. The number of anilines is 2. The average molecular weight is 876 g/mol. The lowest BCUT2D eigenvalue weighted by Gasteiger charge is -2.20. The standard InChI is InChI=1S/C40H47N11O5.C2HF3O2/c1-2-32(52)47-29-21-30(35(54)34(29)53)51-24-45-33-36(44-22-28(25-11-5-3-6-12-25)26-13-7-4-8-14-26)48-37(49-38(33)51)39(55)42-18-19-43-40(56)46-27-16-20-50(23-27)31-15-9-10-17-41-31;3-2(4,5)1(6)7/h3-15,17,24,27-30,34-35,53-54H,2,16,18-23H2,1H3,(H,42,55)(H,47,52)(H2,43,46,56)(H,44,48,49);(H,6,7)/t27-,29+,30-,34-,35+;/m1./s1. The number of urea groups is 1. The molecular weight excluding hydrogens is 828 g/mol. The van der Waals surface area contributed by atoms with Crippen molar-refractivity contribution in [3.63, 3.8) is 0 Å². The van der Waals surface area contributed by atoms with Gasteiger partial charge in [-0.2, -0.15) is 13.2 Å². The molecule has 4 amide bonds. The molecule has 18 nitrogen and oxygen atoms in total. The highest BCUT2D eigenvalue weighted by molar-refractivity contribution is 5.94. The van der Waals surface area contributed by atoms with Crippen molar-refractivity contribution in [2.24, 2.45) is 0 Å². The second-order valence-corrected chi connectivity index (χ2v) is 14.9. The largest absolute Gasteiger partial charge is 0.490 e. The average Bonchev–Trinajstić information content (AvgIpc) is 4.00. The summed E-state index contributed by atoms with van der Waals surface area (Å²) in [6, 6.07) is 24.1. The number of aliphatic carboxylic acids is 1. The molecule has 5 aromatic rings. The zero-order valence-corrected chi connectivity index (χ0v) is 34.1. The van der Waals surface area contributed by atoms with Gasteiger partial charge in [0, 0.05) is 57.3 Å². The van der Waals surface area contributed by atoms with E-state index in [1.165, 1.54) is 6.33 Å². The predicted molar refractivity (Wildman–Crippen MR) is 224 cm³/mol. The Balaban J connectivity index is 0.000000871. The third-order valence-corrected chi connectivity index (χ3v) is 10.6. The number of benzene rings is 2. The van der Waals surface area contributed by atoms with Gasteiger partial charge < -0.3 is 51.4 Å². The summed E-state index contributed by atoms with van der Waals surface area (Å²) in [5, 5.41) is 43.9. The molecule has 1 saturated carbocycles. The minimum absolute atomic E-state index is 0.0384. The third kappa shape index (κ3) is 11.7. The molecule has 3 aromatic heterocycles. The SMILES string of the molecule is CCC(=O)N[C@H]1C[C@@H](n2cnc3c(NCC(c4ccccc4)c4ccccc4)nc(C(=O)NCCNC(=O)N[C@@H]4CCN(c5ccccn5)C4)nc32)[C@H](O)[C@@H]1O.O=C(O)C(F)(F)F. The van der Waals surface area contributed by atoms with E-state index in [-0.39, 0.29) is 61.3 Å². The van der Waals surface area contributed by atoms with Crippen molar-refractivity contribution in [1.82, 2.24) is 45.8 Å². The summed E-state index contributed by atoms with van der Waals surface area (Å²) in [7, 11) is 0. The highest BCUT2D eigenvalue weighted by Crippen LogP contribution is 2.35. The Hall–Kier alpha value is -6.87. The summed E-state index contributed by atoms with van der Waals surface area (Å²) in [5.41, 5.74) is 2.81. The summed E-state index contributed by atoms with van der Waals surface area (Å²) in [4.78, 5) is 67.7. The van der Waals surface area contributed by atoms with Gasteiger partial charge in [0.1, 0.15) is 23.5 Å². The maximum atomic E-state index is 13.6. The molecule has 63 heavy (non-hydrogen) atoms. The van der Waals surface area contributed by atoms with Crippen LogP contribution in [0.2, 0.25) is 0 Å². The number of halogens is 3. The molecule has 2 aliphatic rings. The number of hydrogen-bond acceptors (Lipinski definition) is 12. The molecule has 2 fully saturated rings. The number of pyridine rings is 1. The van der Waals surface area contributed by atoms with Gasteiger partial charge in [0.25, 0.3) is 5.91 Å². The number of amides is 4. The molecule has 334 valence electrons. The Morgan fingerprint density at radius 1 is 0.857 bits per heavy atom. The lowest BCUT2D eigenvalue weighted by molar-refractivity contribution is -0.192. The number of nitrogens with one attached hydrogen (secondary N) is 5. The number of carboxylic acid groups (broad SMARTS) is 1. The number of aromatic nitrogens is 5. The first kappa shape index (κ1) is 45.7. The van der Waals surface area contributed by atoms with E-state index in [1.54, 1.807) is 17.7 Å². The van der Waals surface area contributed by atoms with Crippen LogP contribution in [-0.2, 0) is 9.59 Å². The van der Waals surface area contributed by atoms with Crippen LogP contribution in [0, 0.1) is 0 Å². The van der Waals surface area contributed by atoms with Crippen molar-refractivity contribution in [2.45, 2.75) is 68.6 Å². The first-order chi connectivity index (χ1) is 30.2. The van der Waals surface area contributed by atoms with Gasteiger partial charge in [0.05, 0.1) is 18.4 Å². The number of carboxylic acids is 1. The minimum atomic E-state index is -5.08. The third-order valence-electron chi connectivity index (χ3n) is 10.6. The van der Waals surface area contributed by atoms with E-state index in [0.29, 0.717) is 24.4 Å². The normalized spacial score (nSPS) is 19.5. The number of nitrogens with zero attached hydrogens (tertiary/aromatic N) is 6. The number of rotatable bonds is 14. The molecule has 0 radical (unpaired) electrons. The smallest absolute Gasteiger partial charge is 0.475 e. The second kappa shape index (κ2) is 20.8. The molecule has 5 atom stereocenters. The van der Waals surface area contributed by atoms with E-state index < -0.39 is 42.3 Å². The summed E-state index contributed by atoms with van der Waals surface area (Å²) in [5.74, 6) is -2.61. The topological polar surface area (TPSA) is 249 Å². The zero-order valence-electron chi connectivity index (χ0n) is 34.1. The highest BCUT2D eigenvalue weighted by Gasteiger charge is 2.44. The molecule has 4 heterocycles. The van der Waals surface area contributed by atoms with Gasteiger partial charge in [-0.3, -0.25) is 9.59 Å². The van der Waals surface area contributed by atoms with Crippen LogP contribution in [0.5, 0.6) is 0 Å². The van der Waals surface area contributed by atoms with Gasteiger partial charge in [-0.25, -0.2) is 29.5 Å². The van der Waals surface area contributed by atoms with Crippen molar-refractivity contribution in [2.75, 3.05) is 42.9 Å². The number of alkyl halides is 3. The minimum Gasteiger partial charge on any atom is -0.475 e. The zero-order chi connectivity index (χ0) is 45.1. The van der Waals surface area contributed by atoms with E-state index in [1.807, 2.05) is 54.6 Å². The van der Waals surface area contributed by atoms with Gasteiger partial charge in [-0.1, -0.05) is 73.7 Å². The van der Waals surface area contributed by atoms with Crippen molar-refractivity contribution >= 4 is 46.6 Å². The first-order valence-corrected chi connectivity index (χ1v) is 20.3. The van der Waals surface area contributed by atoms with Crippen LogP contribution >= 0.6 is 0 Å². The molecule has 8 N–H and O–H groups in total. The molecular formula is C42H48F3N11O7. The number of aliphatic hydroxyl groups excluding tert-OH is 2. The number of aliphatic hydroxyl groups is 2. The van der Waals surface area contributed by atoms with Gasteiger partial charge in [0.2, 0.25) is 11.7 Å². The van der Waals surface area contributed by atoms with Crippen molar-refractivity contribution in [3.8, 4) is 0 Å². The quantitative estimate of drug-likeness (QED) is 0.0749. The number of hydrogen-bond donors (Lipinski definition) is 8. The molecule has 0 bridgehead atoms. The van der Waals surface area contributed by atoms with E-state index in [0.717, 1.165) is 29.9 Å². The monoisotopic (exact) mass is 875 g/mol. The molecule has 7 rings (SSSR count). The second-order valence-electron chi connectivity index (χ2n) is 14.9. The molecule has 0 spiro atoms. The van der Waals surface area contributed by atoms with Crippen LogP contribution in [-0.4, -0.2) is 127 Å². The Kier molecular flexibility index (Phi) is 15.1. The maximum Gasteiger partial charge on any atom is 0.490 e. The Morgan fingerprint density at radius 3 is 2.13 bits per heavy atom. The predicted octanol–water partition coefficient (Wildman–Crippen LogP) is 2.97. The van der Waals surface area contributed by atoms with Gasteiger partial charge in [-0.05, 0) is 36.1 Å². The molecule has 0 unspecified atom stereocenters. The van der Waals surface area contributed by atoms with Crippen LogP contribution in [0.25, 0.3) is 11.2 Å². The lowest BCUT2D eigenvalue weighted by Crippen LogP contribution is -2.45. The maximum absolute atomic E-state index is 13.6. The van der Waals surface area contributed by atoms with Crippen LogP contribution in [0.15, 0.2) is 91.4 Å². The van der Waals surface area contributed by atoms with Crippen molar-refractivity contribution < 1.29 is 47.7 Å². The number of carbonyl (C=O) groups excluding carboxylic acids is 3. The van der Waals surface area contributed by atoms with Gasteiger partial charge in [0.15, 0.2) is 11.5 Å². The Morgan fingerprint density at radius 2 is 1.51 bits per heavy atom. The van der Waals surface area contributed by atoms with E-state index in [9.17, 15) is 37.8 Å². The number of fused-ring (bicyclic) bond motifs is 1. The summed E-state index contributed by atoms with van der Waals surface area (Å²) in [6.45, 7) is 3.82. The lowest BCUT2D eigenvalue weighted by atomic mass is 9.91. The van der Waals surface area contributed by atoms with Crippen LogP contribution in [0.4, 0.5) is 29.6 Å². The van der Waals surface area contributed by atoms with Crippen molar-refractivity contribution in [3.05, 3.63) is 108 Å². The summed E-state index contributed by atoms with van der Waals surface area (Å²) >= 11 is 0. The summed E-state index contributed by atoms with van der Waals surface area (Å²) < 4.78 is 33.4. The van der Waals surface area contributed by atoms with Crippen molar-refractivity contribution in [1.29, 1.82) is 0 Å². The molecule has 21 heteroatoms. The van der Waals surface area contributed by atoms with Crippen LogP contribution in [0.3, 0.4) is 0 Å². The molecule has 2 aromatic carbocycles. The van der Waals surface area contributed by atoms with Gasteiger partial charge in [-0.15, -0.1) is 0 Å². The molecule has 1 saturated heterocycles.